The zero-order chi connectivity index (χ0) is 25.0. The molecule has 0 radical (unpaired) electrons. The molecule has 6 nitrogen and oxygen atoms in total. The van der Waals surface area contributed by atoms with E-state index in [9.17, 15) is 9.59 Å². The molecule has 1 unspecified atom stereocenters. The van der Waals surface area contributed by atoms with Crippen LogP contribution in [0.5, 0.6) is 5.75 Å². The minimum absolute atomic E-state index is 0.0180. The maximum Gasteiger partial charge on any atom is 0.325 e. The van der Waals surface area contributed by atoms with Gasteiger partial charge in [0.05, 0.1) is 12.1 Å². The minimum atomic E-state index is -1.07. The Kier molecular flexibility index (Phi) is 7.84. The summed E-state index contributed by atoms with van der Waals surface area (Å²) in [6.07, 6.45) is 0. The number of hydrogen-bond donors (Lipinski definition) is 3. The normalized spacial score (nSPS) is 12.5. The van der Waals surface area contributed by atoms with Crippen LogP contribution in [-0.4, -0.2) is 30.1 Å². The lowest BCUT2D eigenvalue weighted by molar-refractivity contribution is -0.138. The lowest BCUT2D eigenvalue weighted by Crippen LogP contribution is -2.38. The van der Waals surface area contributed by atoms with Crippen LogP contribution in [0.3, 0.4) is 0 Å². The Morgan fingerprint density at radius 2 is 1.65 bits per heavy atom. The smallest absolute Gasteiger partial charge is 0.325 e. The van der Waals surface area contributed by atoms with Crippen LogP contribution in [0.25, 0.3) is 11.1 Å². The predicted molar refractivity (Wildman–Crippen MR) is 136 cm³/mol. The predicted octanol–water partition coefficient (Wildman–Crippen LogP) is 6.01. The van der Waals surface area contributed by atoms with Crippen molar-refractivity contribution in [3.63, 3.8) is 0 Å². The summed E-state index contributed by atoms with van der Waals surface area (Å²) in [6, 6.07) is 16.7. The van der Waals surface area contributed by atoms with Gasteiger partial charge in [0.15, 0.2) is 0 Å². The first-order chi connectivity index (χ1) is 16.1. The average Bonchev–Trinajstić information content (AvgIpc) is 2.78. The first-order valence-corrected chi connectivity index (χ1v) is 11.3. The Balaban J connectivity index is 1.83. The molecule has 3 rings (SSSR count). The zero-order valence-electron chi connectivity index (χ0n) is 19.9. The molecule has 3 aromatic rings. The third kappa shape index (κ3) is 5.69. The quantitative estimate of drug-likeness (QED) is 0.367. The Morgan fingerprint density at radius 1 is 0.971 bits per heavy atom. The number of benzene rings is 3. The first kappa shape index (κ1) is 25.1. The highest BCUT2D eigenvalue weighted by atomic mass is 35.5. The zero-order valence-corrected chi connectivity index (χ0v) is 20.7. The maximum atomic E-state index is 12.6. The van der Waals surface area contributed by atoms with E-state index in [1.165, 1.54) is 6.92 Å². The lowest BCUT2D eigenvalue weighted by atomic mass is 9.94. The van der Waals surface area contributed by atoms with Gasteiger partial charge in [-0.3, -0.25) is 9.59 Å². The van der Waals surface area contributed by atoms with Crippen molar-refractivity contribution in [3.05, 3.63) is 81.9 Å². The average molecular weight is 481 g/mol. The molecule has 0 saturated heterocycles. The van der Waals surface area contributed by atoms with Crippen LogP contribution >= 0.6 is 11.6 Å². The number of hydrogen-bond acceptors (Lipinski definition) is 4. The number of amides is 1. The van der Waals surface area contributed by atoms with Gasteiger partial charge in [0.1, 0.15) is 11.8 Å². The van der Waals surface area contributed by atoms with Gasteiger partial charge in [0.25, 0.3) is 5.91 Å². The Hall–Kier alpha value is -3.51. The van der Waals surface area contributed by atoms with E-state index in [1.807, 2.05) is 62.4 Å². The van der Waals surface area contributed by atoms with Crippen molar-refractivity contribution in [2.24, 2.45) is 0 Å². The molecule has 0 fully saturated rings. The van der Waals surface area contributed by atoms with Crippen LogP contribution in [0.2, 0.25) is 5.02 Å². The van der Waals surface area contributed by atoms with Gasteiger partial charge in [-0.15, -0.1) is 0 Å². The standard InChI is InChI=1S/C27H29ClN2O4/c1-15-11-21(12-16(2)25(15)26(31)30-18(4)27(32)33)20-7-6-8-22(13-20)29-17(3)19-9-10-24(34-5)23(28)14-19/h6-14,17-18,29H,1-5H3,(H,30,31)(H,32,33)/t17?,18-/m0/s1. The number of carbonyl (C=O) groups excluding carboxylic acids is 1. The second-order valence-corrected chi connectivity index (χ2v) is 8.77. The second-order valence-electron chi connectivity index (χ2n) is 8.36. The van der Waals surface area contributed by atoms with Crippen LogP contribution in [0.15, 0.2) is 54.6 Å². The van der Waals surface area contributed by atoms with Crippen molar-refractivity contribution in [1.82, 2.24) is 5.32 Å². The number of ether oxygens (including phenoxy) is 1. The third-order valence-corrected chi connectivity index (χ3v) is 6.03. The topological polar surface area (TPSA) is 87.7 Å². The largest absolute Gasteiger partial charge is 0.495 e. The van der Waals surface area contributed by atoms with E-state index in [-0.39, 0.29) is 11.9 Å². The molecule has 0 spiro atoms. The van der Waals surface area contributed by atoms with E-state index in [0.717, 1.165) is 33.5 Å². The highest BCUT2D eigenvalue weighted by Gasteiger charge is 2.19. The highest BCUT2D eigenvalue weighted by molar-refractivity contribution is 6.32. The SMILES string of the molecule is COc1ccc(C(C)Nc2cccc(-c3cc(C)c(C(=O)N[C@@H](C)C(=O)O)c(C)c3)c2)cc1Cl. The van der Waals surface area contributed by atoms with Crippen molar-refractivity contribution in [1.29, 1.82) is 0 Å². The third-order valence-electron chi connectivity index (χ3n) is 5.73. The molecule has 0 saturated carbocycles. The monoisotopic (exact) mass is 480 g/mol. The Labute approximate surface area is 204 Å². The van der Waals surface area contributed by atoms with Crippen LogP contribution in [-0.2, 0) is 4.79 Å². The molecule has 2 atom stereocenters. The molecular weight excluding hydrogens is 452 g/mol. The maximum absolute atomic E-state index is 12.6. The molecule has 0 heterocycles. The highest BCUT2D eigenvalue weighted by Crippen LogP contribution is 2.31. The van der Waals surface area contributed by atoms with Crippen molar-refractivity contribution < 1.29 is 19.4 Å². The van der Waals surface area contributed by atoms with Crippen LogP contribution < -0.4 is 15.4 Å². The van der Waals surface area contributed by atoms with Crippen molar-refractivity contribution in [2.75, 3.05) is 12.4 Å². The molecule has 0 aliphatic rings. The van der Waals surface area contributed by atoms with E-state index >= 15 is 0 Å². The summed E-state index contributed by atoms with van der Waals surface area (Å²) in [7, 11) is 1.59. The summed E-state index contributed by atoms with van der Waals surface area (Å²) in [5.74, 6) is -0.825. The molecule has 0 aliphatic heterocycles. The molecule has 3 aromatic carbocycles. The number of rotatable bonds is 8. The number of nitrogens with one attached hydrogen (secondary N) is 2. The van der Waals surface area contributed by atoms with Gasteiger partial charge < -0.3 is 20.5 Å². The number of carboxylic acid groups (broad SMARTS) is 1. The summed E-state index contributed by atoms with van der Waals surface area (Å²) in [6.45, 7) is 7.21. The van der Waals surface area contributed by atoms with Gasteiger partial charge >= 0.3 is 5.97 Å². The summed E-state index contributed by atoms with van der Waals surface area (Å²) in [4.78, 5) is 23.7. The summed E-state index contributed by atoms with van der Waals surface area (Å²) < 4.78 is 5.23. The van der Waals surface area contributed by atoms with E-state index in [0.29, 0.717) is 16.3 Å². The van der Waals surface area contributed by atoms with E-state index in [4.69, 9.17) is 21.4 Å². The summed E-state index contributed by atoms with van der Waals surface area (Å²) >= 11 is 6.28. The lowest BCUT2D eigenvalue weighted by Gasteiger charge is -2.18. The van der Waals surface area contributed by atoms with Crippen LogP contribution in [0, 0.1) is 13.8 Å². The molecule has 0 aromatic heterocycles. The number of anilines is 1. The molecule has 1 amide bonds. The molecular formula is C27H29ClN2O4. The molecule has 34 heavy (non-hydrogen) atoms. The van der Waals surface area contributed by atoms with Gasteiger partial charge in [0.2, 0.25) is 0 Å². The fraction of sp³-hybridized carbons (Fsp3) is 0.259. The Morgan fingerprint density at radius 3 is 2.24 bits per heavy atom. The van der Waals surface area contributed by atoms with E-state index < -0.39 is 12.0 Å². The second kappa shape index (κ2) is 10.6. The van der Waals surface area contributed by atoms with Gasteiger partial charge in [0, 0.05) is 17.3 Å². The molecule has 0 bridgehead atoms. The summed E-state index contributed by atoms with van der Waals surface area (Å²) in [5, 5.41) is 15.7. The van der Waals surface area contributed by atoms with Crippen LogP contribution in [0.1, 0.15) is 46.9 Å². The summed E-state index contributed by atoms with van der Waals surface area (Å²) in [5.41, 5.74) is 6.02. The van der Waals surface area contributed by atoms with Gasteiger partial charge in [-0.05, 0) is 79.8 Å². The minimum Gasteiger partial charge on any atom is -0.495 e. The fourth-order valence-corrected chi connectivity index (χ4v) is 4.16. The van der Waals surface area contributed by atoms with Gasteiger partial charge in [-0.25, -0.2) is 0 Å². The number of halogens is 1. The van der Waals surface area contributed by atoms with Crippen molar-refractivity contribution in [2.45, 2.75) is 39.8 Å². The molecule has 0 aliphatic carbocycles. The van der Waals surface area contributed by atoms with Gasteiger partial charge in [-0.1, -0.05) is 41.9 Å². The van der Waals surface area contributed by atoms with Crippen molar-refractivity contribution in [3.8, 4) is 16.9 Å². The number of methoxy groups -OCH3 is 1. The van der Waals surface area contributed by atoms with E-state index in [2.05, 4.69) is 23.6 Å². The molecule has 3 N–H and O–H groups in total. The number of aliphatic carboxylic acids is 1. The first-order valence-electron chi connectivity index (χ1n) is 11.0. The fourth-order valence-electron chi connectivity index (χ4n) is 3.89. The van der Waals surface area contributed by atoms with Gasteiger partial charge in [-0.2, -0.15) is 0 Å². The van der Waals surface area contributed by atoms with E-state index in [1.54, 1.807) is 7.11 Å². The van der Waals surface area contributed by atoms with Crippen molar-refractivity contribution >= 4 is 29.2 Å². The number of carbonyl (C=O) groups is 2. The molecule has 7 heteroatoms. The molecule has 178 valence electrons. The number of aryl methyl sites for hydroxylation is 2. The Bertz CT molecular complexity index is 1200. The number of carboxylic acids is 1. The van der Waals surface area contributed by atoms with Crippen LogP contribution in [0.4, 0.5) is 5.69 Å².